The highest BCUT2D eigenvalue weighted by atomic mass is 16.5. The minimum atomic E-state index is -0.103. The number of carbonyl (C=O) groups is 1. The number of allylic oxidation sites excluding steroid dienone is 5. The van der Waals surface area contributed by atoms with E-state index < -0.39 is 0 Å². The first-order valence-corrected chi connectivity index (χ1v) is 12.7. The fraction of sp³-hybridized carbons (Fsp3) is 0.188. The lowest BCUT2D eigenvalue weighted by Gasteiger charge is -2.24. The maximum Gasteiger partial charge on any atom is 0.206 e. The normalized spacial score (nSPS) is 19.4. The number of hydrogen-bond donors (Lipinski definition) is 1. The molecule has 7 rings (SSSR count). The van der Waals surface area contributed by atoms with E-state index in [0.717, 1.165) is 72.2 Å². The quantitative estimate of drug-likeness (QED) is 0.571. The number of ether oxygens (including phenoxy) is 1. The van der Waals surface area contributed by atoms with Crippen molar-refractivity contribution in [1.82, 2.24) is 4.58 Å². The topological polar surface area (TPSA) is 49.5 Å². The number of nitrogens with zero attached hydrogens (tertiary/aromatic N) is 1. The van der Waals surface area contributed by atoms with Gasteiger partial charge in [0.05, 0.1) is 11.1 Å². The third-order valence-corrected chi connectivity index (χ3v) is 7.65. The Balaban J connectivity index is 1.37. The molecule has 3 aromatic rings. The highest BCUT2D eigenvalue weighted by Crippen LogP contribution is 2.39. The molecule has 3 aromatic carbocycles. The average Bonchev–Trinajstić information content (AvgIpc) is 2.92. The van der Waals surface area contributed by atoms with Crippen molar-refractivity contribution < 1.29 is 14.6 Å². The highest BCUT2D eigenvalue weighted by molar-refractivity contribution is 6.37. The van der Waals surface area contributed by atoms with Crippen LogP contribution in [0.25, 0.3) is 16.9 Å². The minimum Gasteiger partial charge on any atom is -0.506 e. The Morgan fingerprint density at radius 3 is 2.31 bits per heavy atom. The predicted octanol–water partition coefficient (Wildman–Crippen LogP) is 4.13. The number of benzene rings is 3. The van der Waals surface area contributed by atoms with Crippen LogP contribution >= 0.6 is 0 Å². The Bertz CT molecular complexity index is 1630. The second-order valence-corrected chi connectivity index (χ2v) is 9.88. The van der Waals surface area contributed by atoms with Crippen molar-refractivity contribution >= 4 is 22.7 Å². The van der Waals surface area contributed by atoms with Crippen LogP contribution in [0.1, 0.15) is 35.1 Å². The third-order valence-electron chi connectivity index (χ3n) is 7.65. The van der Waals surface area contributed by atoms with Gasteiger partial charge in [-0.3, -0.25) is 4.79 Å². The van der Waals surface area contributed by atoms with Gasteiger partial charge in [0.15, 0.2) is 0 Å². The van der Waals surface area contributed by atoms with Gasteiger partial charge in [-0.1, -0.05) is 48.5 Å². The van der Waals surface area contributed by atoms with E-state index in [-0.39, 0.29) is 11.5 Å². The number of hydrogen-bond acceptors (Lipinski definition) is 3. The molecule has 3 aliphatic heterocycles. The van der Waals surface area contributed by atoms with Gasteiger partial charge in [0.2, 0.25) is 11.1 Å². The number of fused-ring (bicyclic) bond motifs is 1. The molecule has 4 nitrogen and oxygen atoms in total. The molecule has 0 aromatic heterocycles. The molecule has 0 atom stereocenters. The Labute approximate surface area is 209 Å². The van der Waals surface area contributed by atoms with Crippen LogP contribution in [0.2, 0.25) is 0 Å². The molecule has 3 heterocycles. The molecule has 0 bridgehead atoms. The van der Waals surface area contributed by atoms with Crippen LogP contribution in [0.4, 0.5) is 0 Å². The lowest BCUT2D eigenvalue weighted by molar-refractivity contribution is -0.111. The van der Waals surface area contributed by atoms with Gasteiger partial charge >= 0.3 is 0 Å². The number of para-hydroxylation sites is 1. The first-order valence-electron chi connectivity index (χ1n) is 12.7. The first-order chi connectivity index (χ1) is 17.7. The average molecular weight is 473 g/mol. The number of rotatable bonds is 2. The van der Waals surface area contributed by atoms with Crippen molar-refractivity contribution in [1.29, 1.82) is 0 Å². The Hall–Kier alpha value is -4.18. The van der Waals surface area contributed by atoms with Gasteiger partial charge in [0, 0.05) is 35.1 Å². The van der Waals surface area contributed by atoms with Crippen molar-refractivity contribution in [3.63, 3.8) is 0 Å². The fourth-order valence-electron chi connectivity index (χ4n) is 5.95. The molecule has 0 unspecified atom stereocenters. The van der Waals surface area contributed by atoms with E-state index >= 15 is 0 Å². The summed E-state index contributed by atoms with van der Waals surface area (Å²) in [6.45, 7) is 2.22. The minimum absolute atomic E-state index is 0.0850. The summed E-state index contributed by atoms with van der Waals surface area (Å²) in [7, 11) is 0. The number of ketones is 1. The Kier molecular flexibility index (Phi) is 4.81. The summed E-state index contributed by atoms with van der Waals surface area (Å²) >= 11 is 0. The van der Waals surface area contributed by atoms with Crippen LogP contribution in [0.3, 0.4) is 0 Å². The largest absolute Gasteiger partial charge is 0.506 e. The lowest BCUT2D eigenvalue weighted by atomic mass is 9.83. The van der Waals surface area contributed by atoms with Crippen LogP contribution < -0.4 is 19.9 Å². The van der Waals surface area contributed by atoms with Crippen LogP contribution in [0.15, 0.2) is 90.2 Å². The van der Waals surface area contributed by atoms with Gasteiger partial charge < -0.3 is 9.84 Å². The van der Waals surface area contributed by atoms with Crippen molar-refractivity contribution in [3.8, 4) is 5.75 Å². The van der Waals surface area contributed by atoms with Gasteiger partial charge in [-0.25, -0.2) is 4.58 Å². The van der Waals surface area contributed by atoms with Gasteiger partial charge in [-0.2, -0.15) is 0 Å². The van der Waals surface area contributed by atoms with Crippen LogP contribution in [-0.2, 0) is 17.6 Å². The molecule has 0 radical (unpaired) electrons. The van der Waals surface area contributed by atoms with Crippen molar-refractivity contribution in [2.45, 2.75) is 25.7 Å². The summed E-state index contributed by atoms with van der Waals surface area (Å²) in [5.41, 5.74) is 6.12. The van der Waals surface area contributed by atoms with E-state index in [2.05, 4.69) is 16.7 Å². The van der Waals surface area contributed by atoms with Crippen LogP contribution in [0, 0.1) is 0 Å². The summed E-state index contributed by atoms with van der Waals surface area (Å²) in [5, 5.41) is 13.3. The Morgan fingerprint density at radius 1 is 0.889 bits per heavy atom. The number of carbonyl (C=O) groups excluding carboxylic acids is 1. The smallest absolute Gasteiger partial charge is 0.206 e. The second-order valence-electron chi connectivity index (χ2n) is 9.88. The molecule has 0 saturated carbocycles. The monoisotopic (exact) mass is 472 g/mol. The molecule has 1 N–H and O–H groups in total. The summed E-state index contributed by atoms with van der Waals surface area (Å²) < 4.78 is 8.65. The van der Waals surface area contributed by atoms with Gasteiger partial charge in [0.25, 0.3) is 0 Å². The zero-order valence-electron chi connectivity index (χ0n) is 20.0. The molecule has 176 valence electrons. The van der Waals surface area contributed by atoms with Crippen LogP contribution in [0.5, 0.6) is 5.75 Å². The van der Waals surface area contributed by atoms with Gasteiger partial charge in [-0.05, 0) is 54.0 Å². The van der Waals surface area contributed by atoms with E-state index in [0.29, 0.717) is 11.1 Å². The van der Waals surface area contributed by atoms with Crippen LogP contribution in [-0.4, -0.2) is 24.0 Å². The van der Waals surface area contributed by atoms with Crippen molar-refractivity contribution in [2.24, 2.45) is 0 Å². The summed E-state index contributed by atoms with van der Waals surface area (Å²) in [5.74, 6) is 1.44. The molecule has 0 fully saturated rings. The second kappa shape index (κ2) is 8.20. The summed E-state index contributed by atoms with van der Waals surface area (Å²) in [4.78, 5) is 13.4. The number of Topliss-reactive ketones (excluding diaryl/α,β-unsaturated/α-hetero) is 1. The molecule has 0 amide bonds. The molecule has 4 aliphatic rings. The fourth-order valence-corrected chi connectivity index (χ4v) is 5.95. The molecule has 0 saturated heterocycles. The summed E-state index contributed by atoms with van der Waals surface area (Å²) in [6, 6.07) is 22.0. The zero-order valence-corrected chi connectivity index (χ0v) is 20.0. The molecule has 1 aliphatic carbocycles. The molecule has 36 heavy (non-hydrogen) atoms. The summed E-state index contributed by atoms with van der Waals surface area (Å²) in [6.07, 6.45) is 8.07. The highest BCUT2D eigenvalue weighted by Gasteiger charge is 2.34. The molecule has 4 heteroatoms. The van der Waals surface area contributed by atoms with E-state index in [1.165, 1.54) is 16.5 Å². The Morgan fingerprint density at radius 2 is 1.58 bits per heavy atom. The first kappa shape index (κ1) is 21.1. The van der Waals surface area contributed by atoms with E-state index in [9.17, 15) is 9.90 Å². The predicted molar refractivity (Wildman–Crippen MR) is 141 cm³/mol. The van der Waals surface area contributed by atoms with Crippen molar-refractivity contribution in [3.05, 3.63) is 123 Å². The molecular weight excluding hydrogens is 446 g/mol. The van der Waals surface area contributed by atoms with E-state index in [1.807, 2.05) is 60.7 Å². The maximum absolute atomic E-state index is 13.4. The molecular formula is C32H26NO3+. The van der Waals surface area contributed by atoms with Gasteiger partial charge in [-0.15, -0.1) is 0 Å². The number of aliphatic hydroxyl groups is 1. The molecule has 0 spiro atoms. The van der Waals surface area contributed by atoms with E-state index in [4.69, 9.17) is 4.74 Å². The van der Waals surface area contributed by atoms with Gasteiger partial charge in [0.1, 0.15) is 30.4 Å². The number of aryl methyl sites for hydroxylation is 2. The number of aliphatic hydroxyl groups excluding tert-OH is 1. The standard InChI is InChI=1S/C32H25NO3/c34-31-26(18-23-19-28(20-8-2-1-3-9-20)36-27-13-5-4-12-25(23)27)32(35)29(31)24-16-21-10-6-14-33-15-7-11-22(17-24)30(21)33/h1-5,8-9,12-13,16-19H,6-7,10-11,14-15H2/p+1/b23-18+. The van der Waals surface area contributed by atoms with Crippen molar-refractivity contribution in [2.75, 3.05) is 13.1 Å². The zero-order chi connectivity index (χ0) is 24.2. The lowest BCUT2D eigenvalue weighted by Crippen LogP contribution is -2.44. The third kappa shape index (κ3) is 3.29. The SMILES string of the molecule is O=C1C(/C=C2\C=C(c3ccccc3)Oc3ccccc32)=C(O)C1=c1cc2c3c(c1)CCC[N+]=3CCC2. The van der Waals surface area contributed by atoms with E-state index in [1.54, 1.807) is 6.08 Å². The maximum atomic E-state index is 13.4.